The molecule has 0 saturated carbocycles. The number of hydrogen-bond donors (Lipinski definition) is 2. The van der Waals surface area contributed by atoms with E-state index in [4.69, 9.17) is 0 Å². The number of likely N-dealkylation sites (tertiary alicyclic amines) is 1. The smallest absolute Gasteiger partial charge is 0.248 e. The van der Waals surface area contributed by atoms with Crippen molar-refractivity contribution in [2.45, 2.75) is 45.1 Å². The lowest BCUT2D eigenvalue weighted by molar-refractivity contribution is 0.132. The second-order valence-corrected chi connectivity index (χ2v) is 7.20. The highest BCUT2D eigenvalue weighted by molar-refractivity contribution is 5.26. The van der Waals surface area contributed by atoms with Crippen molar-refractivity contribution in [1.82, 2.24) is 15.2 Å². The lowest BCUT2D eigenvalue weighted by Gasteiger charge is -2.39. The van der Waals surface area contributed by atoms with Crippen LogP contribution in [0.15, 0.2) is 16.9 Å². The van der Waals surface area contributed by atoms with Gasteiger partial charge < -0.3 is 15.2 Å². The van der Waals surface area contributed by atoms with Crippen LogP contribution < -0.4 is 10.9 Å². The molecule has 1 unspecified atom stereocenters. The van der Waals surface area contributed by atoms with Crippen LogP contribution in [0.5, 0.6) is 0 Å². The summed E-state index contributed by atoms with van der Waals surface area (Å²) in [5.41, 5.74) is 2.88. The first-order valence-corrected chi connectivity index (χ1v) is 8.20. The number of H-pyrrole nitrogens is 1. The summed E-state index contributed by atoms with van der Waals surface area (Å²) in [7, 11) is 2.21. The van der Waals surface area contributed by atoms with Crippen molar-refractivity contribution in [2.24, 2.45) is 5.41 Å². The fourth-order valence-electron chi connectivity index (χ4n) is 3.62. The van der Waals surface area contributed by atoms with Gasteiger partial charge in [-0.05, 0) is 63.2 Å². The summed E-state index contributed by atoms with van der Waals surface area (Å²) >= 11 is 0. The largest absolute Gasteiger partial charge is 0.326 e. The van der Waals surface area contributed by atoms with E-state index in [1.165, 1.54) is 37.9 Å². The zero-order chi connectivity index (χ0) is 14.9. The predicted octanol–water partition coefficient (Wildman–Crippen LogP) is 2.07. The van der Waals surface area contributed by atoms with Gasteiger partial charge in [0.2, 0.25) is 5.56 Å². The molecule has 1 aromatic rings. The molecular weight excluding hydrogens is 262 g/mol. The number of aromatic nitrogens is 1. The van der Waals surface area contributed by atoms with Crippen molar-refractivity contribution in [2.75, 3.05) is 26.7 Å². The first-order chi connectivity index (χ1) is 10.1. The third-order valence-corrected chi connectivity index (χ3v) is 5.30. The first-order valence-electron chi connectivity index (χ1n) is 8.20. The number of nitrogens with zero attached hydrogens (tertiary/aromatic N) is 1. The fourth-order valence-corrected chi connectivity index (χ4v) is 3.62. The van der Waals surface area contributed by atoms with Crippen LogP contribution in [0.25, 0.3) is 0 Å². The van der Waals surface area contributed by atoms with Crippen LogP contribution in [0.3, 0.4) is 0 Å². The van der Waals surface area contributed by atoms with Crippen LogP contribution in [-0.2, 0) is 6.42 Å². The Hall–Kier alpha value is -1.13. The van der Waals surface area contributed by atoms with Gasteiger partial charge in [-0.2, -0.15) is 0 Å². The standard InChI is InChI=1S/C17H27N3O/c1-17(8-10-20(2)11-9-17)12-18-14-4-3-5-15-13(14)6-7-16(21)19-15/h6-7,14,18H,3-5,8-12H2,1-2H3,(H,19,21). The Bertz CT molecular complexity index is 543. The van der Waals surface area contributed by atoms with E-state index in [1.54, 1.807) is 6.07 Å². The van der Waals surface area contributed by atoms with Crippen molar-refractivity contribution in [3.05, 3.63) is 33.7 Å². The highest BCUT2D eigenvalue weighted by Crippen LogP contribution is 2.32. The highest BCUT2D eigenvalue weighted by atomic mass is 16.1. The Morgan fingerprint density at radius 2 is 2.14 bits per heavy atom. The van der Waals surface area contributed by atoms with Crippen molar-refractivity contribution >= 4 is 0 Å². The van der Waals surface area contributed by atoms with E-state index in [0.717, 1.165) is 25.1 Å². The van der Waals surface area contributed by atoms with Gasteiger partial charge in [0.15, 0.2) is 0 Å². The molecule has 0 bridgehead atoms. The molecule has 1 aliphatic carbocycles. The molecular formula is C17H27N3O. The zero-order valence-electron chi connectivity index (χ0n) is 13.2. The molecule has 4 nitrogen and oxygen atoms in total. The summed E-state index contributed by atoms with van der Waals surface area (Å²) in [5.74, 6) is 0. The van der Waals surface area contributed by atoms with Gasteiger partial charge in [-0.3, -0.25) is 4.79 Å². The molecule has 21 heavy (non-hydrogen) atoms. The maximum Gasteiger partial charge on any atom is 0.248 e. The highest BCUT2D eigenvalue weighted by Gasteiger charge is 2.30. The van der Waals surface area contributed by atoms with Crippen molar-refractivity contribution < 1.29 is 0 Å². The van der Waals surface area contributed by atoms with Crippen LogP contribution in [-0.4, -0.2) is 36.6 Å². The number of aryl methyl sites for hydroxylation is 1. The maximum atomic E-state index is 11.5. The minimum Gasteiger partial charge on any atom is -0.326 e. The average molecular weight is 289 g/mol. The minimum atomic E-state index is 0.0247. The normalized spacial score (nSPS) is 25.5. The summed E-state index contributed by atoms with van der Waals surface area (Å²) in [6, 6.07) is 4.08. The summed E-state index contributed by atoms with van der Waals surface area (Å²) in [4.78, 5) is 16.9. The Balaban J connectivity index is 1.65. The summed E-state index contributed by atoms with van der Waals surface area (Å²) in [6.07, 6.45) is 5.87. The van der Waals surface area contributed by atoms with E-state index in [0.29, 0.717) is 11.5 Å². The molecule has 2 heterocycles. The fraction of sp³-hybridized carbons (Fsp3) is 0.706. The molecule has 1 aliphatic heterocycles. The van der Waals surface area contributed by atoms with Gasteiger partial charge in [-0.15, -0.1) is 0 Å². The lowest BCUT2D eigenvalue weighted by Crippen LogP contribution is -2.43. The Kier molecular flexibility index (Phi) is 4.18. The SMILES string of the molecule is CN1CCC(C)(CNC2CCCc3[nH]c(=O)ccc32)CC1. The lowest BCUT2D eigenvalue weighted by atomic mass is 9.79. The van der Waals surface area contributed by atoms with Gasteiger partial charge in [0.25, 0.3) is 0 Å². The van der Waals surface area contributed by atoms with Gasteiger partial charge in [0.05, 0.1) is 0 Å². The number of rotatable bonds is 3. The summed E-state index contributed by atoms with van der Waals surface area (Å²) < 4.78 is 0. The number of aromatic amines is 1. The average Bonchev–Trinajstić information content (AvgIpc) is 2.48. The summed E-state index contributed by atoms with van der Waals surface area (Å²) in [5, 5.41) is 3.78. The van der Waals surface area contributed by atoms with Crippen molar-refractivity contribution in [3.63, 3.8) is 0 Å². The summed E-state index contributed by atoms with van der Waals surface area (Å²) in [6.45, 7) is 5.88. The topological polar surface area (TPSA) is 48.1 Å². The van der Waals surface area contributed by atoms with E-state index >= 15 is 0 Å². The van der Waals surface area contributed by atoms with Crippen LogP contribution >= 0.6 is 0 Å². The number of hydrogen-bond acceptors (Lipinski definition) is 3. The molecule has 0 amide bonds. The molecule has 1 fully saturated rings. The Morgan fingerprint density at radius 3 is 2.90 bits per heavy atom. The molecule has 0 aromatic carbocycles. The van der Waals surface area contributed by atoms with Gasteiger partial charge in [0, 0.05) is 24.3 Å². The molecule has 4 heteroatoms. The number of nitrogens with one attached hydrogen (secondary N) is 2. The van der Waals surface area contributed by atoms with Crippen molar-refractivity contribution in [3.8, 4) is 0 Å². The number of pyridine rings is 1. The van der Waals surface area contributed by atoms with E-state index in [1.807, 2.05) is 6.07 Å². The first kappa shape index (κ1) is 14.8. The van der Waals surface area contributed by atoms with E-state index in [2.05, 4.69) is 29.2 Å². The molecule has 2 aliphatic rings. The second-order valence-electron chi connectivity index (χ2n) is 7.20. The van der Waals surface area contributed by atoms with Gasteiger partial charge in [-0.25, -0.2) is 0 Å². The number of fused-ring (bicyclic) bond motifs is 1. The van der Waals surface area contributed by atoms with E-state index in [-0.39, 0.29) is 5.56 Å². The van der Waals surface area contributed by atoms with E-state index in [9.17, 15) is 4.79 Å². The Morgan fingerprint density at radius 1 is 1.38 bits per heavy atom. The molecule has 116 valence electrons. The van der Waals surface area contributed by atoms with Crippen LogP contribution in [0.4, 0.5) is 0 Å². The van der Waals surface area contributed by atoms with Crippen molar-refractivity contribution in [1.29, 1.82) is 0 Å². The molecule has 0 spiro atoms. The molecule has 2 N–H and O–H groups in total. The third kappa shape index (κ3) is 3.38. The quantitative estimate of drug-likeness (QED) is 0.895. The second kappa shape index (κ2) is 5.93. The van der Waals surface area contributed by atoms with Crippen LogP contribution in [0.2, 0.25) is 0 Å². The monoisotopic (exact) mass is 289 g/mol. The molecule has 1 aromatic heterocycles. The van der Waals surface area contributed by atoms with Gasteiger partial charge in [0.1, 0.15) is 0 Å². The van der Waals surface area contributed by atoms with Crippen LogP contribution in [0, 0.1) is 5.41 Å². The third-order valence-electron chi connectivity index (χ3n) is 5.30. The Labute approximate surface area is 126 Å². The maximum absolute atomic E-state index is 11.5. The zero-order valence-corrected chi connectivity index (χ0v) is 13.2. The molecule has 0 radical (unpaired) electrons. The molecule has 3 rings (SSSR count). The van der Waals surface area contributed by atoms with Crippen LogP contribution in [0.1, 0.15) is 49.9 Å². The van der Waals surface area contributed by atoms with Gasteiger partial charge >= 0.3 is 0 Å². The van der Waals surface area contributed by atoms with E-state index < -0.39 is 0 Å². The minimum absolute atomic E-state index is 0.0247. The molecule has 1 saturated heterocycles. The number of piperidine rings is 1. The molecule has 1 atom stereocenters. The predicted molar refractivity (Wildman–Crippen MR) is 85.6 cm³/mol. The van der Waals surface area contributed by atoms with Gasteiger partial charge in [-0.1, -0.05) is 13.0 Å².